The van der Waals surface area contributed by atoms with Gasteiger partial charge in [-0.2, -0.15) is 11.3 Å². The largest absolute Gasteiger partial charge is 0.352 e. The van der Waals surface area contributed by atoms with Crippen LogP contribution in [-0.2, 0) is 11.3 Å². The second kappa shape index (κ2) is 9.48. The number of piperazine rings is 1. The third-order valence-electron chi connectivity index (χ3n) is 6.00. The highest BCUT2D eigenvalue weighted by Crippen LogP contribution is 2.26. The predicted octanol–water partition coefficient (Wildman–Crippen LogP) is 3.68. The maximum Gasteiger partial charge on any atom is 0.234 e. The van der Waals surface area contributed by atoms with Gasteiger partial charge in [0.15, 0.2) is 0 Å². The zero-order valence-electron chi connectivity index (χ0n) is 16.6. The highest BCUT2D eigenvalue weighted by molar-refractivity contribution is 7.14. The fraction of sp³-hybridized carbons (Fsp3) is 0.619. The van der Waals surface area contributed by atoms with E-state index in [-0.39, 0.29) is 5.91 Å². The van der Waals surface area contributed by atoms with Crippen LogP contribution in [0.5, 0.6) is 0 Å². The molecule has 0 aromatic carbocycles. The van der Waals surface area contributed by atoms with Gasteiger partial charge in [-0.15, -0.1) is 11.3 Å². The summed E-state index contributed by atoms with van der Waals surface area (Å²) in [6.07, 6.45) is 4.94. The fourth-order valence-electron chi connectivity index (χ4n) is 4.22. The maximum absolute atomic E-state index is 12.4. The van der Waals surface area contributed by atoms with Crippen molar-refractivity contribution in [2.24, 2.45) is 5.92 Å². The van der Waals surface area contributed by atoms with Crippen molar-refractivity contribution in [3.05, 3.63) is 27.9 Å². The average molecular weight is 419 g/mol. The molecule has 1 saturated carbocycles. The summed E-state index contributed by atoms with van der Waals surface area (Å²) >= 11 is 3.44. The number of thiazole rings is 1. The van der Waals surface area contributed by atoms with E-state index >= 15 is 0 Å². The Labute approximate surface area is 175 Å². The van der Waals surface area contributed by atoms with Gasteiger partial charge >= 0.3 is 0 Å². The van der Waals surface area contributed by atoms with Crippen molar-refractivity contribution >= 4 is 28.6 Å². The minimum Gasteiger partial charge on any atom is -0.352 e. The SMILES string of the molecule is C[C@@H]1CCCC[C@H]1NC(=O)CN1CCN(Cc2csc(-c3ccsc3)n2)CC1. The lowest BCUT2D eigenvalue weighted by Crippen LogP contribution is -2.51. The Kier molecular flexibility index (Phi) is 6.77. The van der Waals surface area contributed by atoms with Crippen LogP contribution < -0.4 is 5.32 Å². The van der Waals surface area contributed by atoms with Crippen molar-refractivity contribution in [1.29, 1.82) is 0 Å². The van der Waals surface area contributed by atoms with E-state index in [1.165, 1.54) is 24.8 Å². The smallest absolute Gasteiger partial charge is 0.234 e. The normalized spacial score (nSPS) is 24.3. The van der Waals surface area contributed by atoms with Crippen LogP contribution in [0, 0.1) is 5.92 Å². The Morgan fingerprint density at radius 3 is 2.71 bits per heavy atom. The predicted molar refractivity (Wildman–Crippen MR) is 117 cm³/mol. The van der Waals surface area contributed by atoms with Crippen molar-refractivity contribution in [3.8, 4) is 10.6 Å². The summed E-state index contributed by atoms with van der Waals surface area (Å²) in [5.74, 6) is 0.818. The molecule has 5 nitrogen and oxygen atoms in total. The van der Waals surface area contributed by atoms with E-state index in [1.54, 1.807) is 22.7 Å². The number of rotatable bonds is 6. The molecule has 1 amide bonds. The number of hydrogen-bond donors (Lipinski definition) is 1. The van der Waals surface area contributed by atoms with Crippen LogP contribution in [0.1, 0.15) is 38.3 Å². The van der Waals surface area contributed by atoms with Crippen LogP contribution in [0.15, 0.2) is 22.2 Å². The van der Waals surface area contributed by atoms with Crippen molar-refractivity contribution in [3.63, 3.8) is 0 Å². The molecule has 3 heterocycles. The molecular weight excluding hydrogens is 388 g/mol. The highest BCUT2D eigenvalue weighted by atomic mass is 32.1. The van der Waals surface area contributed by atoms with E-state index < -0.39 is 0 Å². The molecule has 2 aromatic heterocycles. The monoisotopic (exact) mass is 418 g/mol. The van der Waals surface area contributed by atoms with E-state index in [9.17, 15) is 4.79 Å². The van der Waals surface area contributed by atoms with E-state index in [0.717, 1.165) is 49.8 Å². The molecule has 4 rings (SSSR count). The Balaban J connectivity index is 1.20. The van der Waals surface area contributed by atoms with Crippen molar-refractivity contribution < 1.29 is 4.79 Å². The van der Waals surface area contributed by atoms with E-state index in [1.807, 2.05) is 0 Å². The van der Waals surface area contributed by atoms with Gasteiger partial charge in [-0.1, -0.05) is 19.8 Å². The van der Waals surface area contributed by atoms with Gasteiger partial charge in [0, 0.05) is 55.1 Å². The number of thiophene rings is 1. The number of carbonyl (C=O) groups excluding carboxylic acids is 1. The zero-order valence-corrected chi connectivity index (χ0v) is 18.2. The van der Waals surface area contributed by atoms with Gasteiger partial charge in [-0.05, 0) is 30.2 Å². The third kappa shape index (κ3) is 5.20. The summed E-state index contributed by atoms with van der Waals surface area (Å²) in [6, 6.07) is 2.51. The van der Waals surface area contributed by atoms with Crippen LogP contribution in [0.3, 0.4) is 0 Å². The van der Waals surface area contributed by atoms with Crippen molar-refractivity contribution in [2.75, 3.05) is 32.7 Å². The first-order valence-electron chi connectivity index (χ1n) is 10.4. The molecule has 7 heteroatoms. The van der Waals surface area contributed by atoms with Crippen LogP contribution in [-0.4, -0.2) is 59.5 Å². The molecule has 1 aliphatic carbocycles. The molecular formula is C21H30N4OS2. The Morgan fingerprint density at radius 2 is 1.96 bits per heavy atom. The molecule has 152 valence electrons. The molecule has 0 unspecified atom stereocenters. The molecule has 0 spiro atoms. The lowest BCUT2D eigenvalue weighted by atomic mass is 9.86. The number of nitrogens with one attached hydrogen (secondary N) is 1. The Morgan fingerprint density at radius 1 is 1.18 bits per heavy atom. The summed E-state index contributed by atoms with van der Waals surface area (Å²) in [5.41, 5.74) is 2.38. The quantitative estimate of drug-likeness (QED) is 0.777. The summed E-state index contributed by atoms with van der Waals surface area (Å²) in [7, 11) is 0. The van der Waals surface area contributed by atoms with Gasteiger partial charge in [0.05, 0.1) is 12.2 Å². The van der Waals surface area contributed by atoms with Gasteiger partial charge in [0.1, 0.15) is 5.01 Å². The lowest BCUT2D eigenvalue weighted by Gasteiger charge is -2.35. The van der Waals surface area contributed by atoms with Gasteiger partial charge < -0.3 is 5.32 Å². The summed E-state index contributed by atoms with van der Waals surface area (Å²) in [4.78, 5) is 22.0. The zero-order chi connectivity index (χ0) is 19.3. The summed E-state index contributed by atoms with van der Waals surface area (Å²) < 4.78 is 0. The standard InChI is InChI=1S/C21H30N4OS2/c1-16-4-2-3-5-19(16)23-20(26)13-25-9-7-24(8-10-25)12-18-15-28-21(22-18)17-6-11-27-14-17/h6,11,14-16,19H,2-5,7-10,12-13H2,1H3,(H,23,26)/t16-,19-/m1/s1. The van der Waals surface area contributed by atoms with Gasteiger partial charge in [0.25, 0.3) is 0 Å². The molecule has 28 heavy (non-hydrogen) atoms. The van der Waals surface area contributed by atoms with E-state index in [0.29, 0.717) is 18.5 Å². The summed E-state index contributed by atoms with van der Waals surface area (Å²) in [6.45, 7) is 7.61. The van der Waals surface area contributed by atoms with Crippen molar-refractivity contribution in [2.45, 2.75) is 45.2 Å². The first-order valence-corrected chi connectivity index (χ1v) is 12.2. The molecule has 2 atom stereocenters. The molecule has 1 N–H and O–H groups in total. The molecule has 0 radical (unpaired) electrons. The van der Waals surface area contributed by atoms with E-state index in [2.05, 4.69) is 44.2 Å². The fourth-order valence-corrected chi connectivity index (χ4v) is 5.74. The third-order valence-corrected chi connectivity index (χ3v) is 7.62. The highest BCUT2D eigenvalue weighted by Gasteiger charge is 2.25. The van der Waals surface area contributed by atoms with Crippen LogP contribution in [0.4, 0.5) is 0 Å². The molecule has 1 aliphatic heterocycles. The molecule has 0 bridgehead atoms. The molecule has 2 aromatic rings. The van der Waals surface area contributed by atoms with Crippen LogP contribution >= 0.6 is 22.7 Å². The number of aromatic nitrogens is 1. The molecule has 2 aliphatic rings. The topological polar surface area (TPSA) is 48.5 Å². The van der Waals surface area contributed by atoms with Crippen LogP contribution in [0.2, 0.25) is 0 Å². The Bertz CT molecular complexity index is 752. The first kappa shape index (κ1) is 20.0. The maximum atomic E-state index is 12.4. The van der Waals surface area contributed by atoms with Crippen molar-refractivity contribution in [1.82, 2.24) is 20.1 Å². The number of hydrogen-bond acceptors (Lipinski definition) is 6. The summed E-state index contributed by atoms with van der Waals surface area (Å²) in [5, 5.41) is 10.8. The minimum atomic E-state index is 0.201. The minimum absolute atomic E-state index is 0.201. The number of nitrogens with zero attached hydrogens (tertiary/aromatic N) is 3. The number of amides is 1. The van der Waals surface area contributed by atoms with Crippen LogP contribution in [0.25, 0.3) is 10.6 Å². The number of carbonyl (C=O) groups is 1. The van der Waals surface area contributed by atoms with Gasteiger partial charge in [-0.25, -0.2) is 4.98 Å². The van der Waals surface area contributed by atoms with Gasteiger partial charge in [-0.3, -0.25) is 14.6 Å². The Hall–Kier alpha value is -1.28. The second-order valence-corrected chi connectivity index (χ2v) is 9.78. The first-order chi connectivity index (χ1) is 13.7. The van der Waals surface area contributed by atoms with E-state index in [4.69, 9.17) is 4.98 Å². The van der Waals surface area contributed by atoms with Gasteiger partial charge in [0.2, 0.25) is 5.91 Å². The second-order valence-electron chi connectivity index (χ2n) is 8.14. The lowest BCUT2D eigenvalue weighted by molar-refractivity contribution is -0.124. The molecule has 2 fully saturated rings. The average Bonchev–Trinajstić information content (AvgIpc) is 3.37. The molecule has 1 saturated heterocycles.